The average Bonchev–Trinajstić information content (AvgIpc) is 3.22. The lowest BCUT2D eigenvalue weighted by Gasteiger charge is -2.27. The van der Waals surface area contributed by atoms with Gasteiger partial charge in [0.05, 0.1) is 0 Å². The molecule has 36 heavy (non-hydrogen) atoms. The zero-order chi connectivity index (χ0) is 25.1. The molecule has 180 valence electrons. The van der Waals surface area contributed by atoms with E-state index >= 15 is 0 Å². The molecule has 0 saturated heterocycles. The van der Waals surface area contributed by atoms with Crippen molar-refractivity contribution in [3.8, 4) is 0 Å². The van der Waals surface area contributed by atoms with Crippen molar-refractivity contribution in [3.63, 3.8) is 0 Å². The molecule has 0 bridgehead atoms. The number of thiophene rings is 1. The summed E-state index contributed by atoms with van der Waals surface area (Å²) in [7, 11) is 0. The van der Waals surface area contributed by atoms with Crippen LogP contribution in [0.1, 0.15) is 51.3 Å². The lowest BCUT2D eigenvalue weighted by Crippen LogP contribution is -2.19. The minimum atomic E-state index is 0.0894. The van der Waals surface area contributed by atoms with E-state index in [1.807, 2.05) is 11.3 Å². The summed E-state index contributed by atoms with van der Waals surface area (Å²) < 4.78 is 2.78. The van der Waals surface area contributed by atoms with Crippen molar-refractivity contribution < 1.29 is 0 Å². The monoisotopic (exact) mass is 486 g/mol. The molecule has 0 aliphatic heterocycles. The summed E-state index contributed by atoms with van der Waals surface area (Å²) in [6, 6.07) is 34.1. The van der Waals surface area contributed by atoms with Gasteiger partial charge in [0.25, 0.3) is 0 Å². The molecule has 0 aliphatic rings. The number of hydrogen-bond acceptors (Lipinski definition) is 1. The molecule has 1 heteroatoms. The van der Waals surface area contributed by atoms with Crippen molar-refractivity contribution in [2.24, 2.45) is 5.41 Å². The van der Waals surface area contributed by atoms with Crippen LogP contribution in [0.5, 0.6) is 0 Å². The first-order chi connectivity index (χ1) is 17.2. The minimum absolute atomic E-state index is 0.0894. The van der Waals surface area contributed by atoms with Gasteiger partial charge in [0.1, 0.15) is 0 Å². The van der Waals surface area contributed by atoms with Gasteiger partial charge in [-0.1, -0.05) is 107 Å². The van der Waals surface area contributed by atoms with Crippen LogP contribution in [0.2, 0.25) is 0 Å². The lowest BCUT2D eigenvalue weighted by atomic mass is 9.77. The minimum Gasteiger partial charge on any atom is -0.135 e. The van der Waals surface area contributed by atoms with E-state index in [1.165, 1.54) is 58.4 Å². The molecule has 0 nitrogen and oxygen atoms in total. The summed E-state index contributed by atoms with van der Waals surface area (Å²) in [6.45, 7) is 11.8. The largest absolute Gasteiger partial charge is 0.135 e. The summed E-state index contributed by atoms with van der Waals surface area (Å²) >= 11 is 1.91. The van der Waals surface area contributed by atoms with Crippen molar-refractivity contribution in [2.75, 3.05) is 0 Å². The van der Waals surface area contributed by atoms with Gasteiger partial charge in [-0.15, -0.1) is 11.3 Å². The molecule has 6 rings (SSSR count). The topological polar surface area (TPSA) is 0 Å². The Balaban J connectivity index is 1.41. The van der Waals surface area contributed by atoms with Crippen LogP contribution < -0.4 is 0 Å². The zero-order valence-corrected chi connectivity index (χ0v) is 22.8. The van der Waals surface area contributed by atoms with Crippen LogP contribution in [0.3, 0.4) is 0 Å². The third-order valence-electron chi connectivity index (χ3n) is 7.57. The van der Waals surface area contributed by atoms with E-state index in [9.17, 15) is 0 Å². The van der Waals surface area contributed by atoms with E-state index in [0.29, 0.717) is 0 Å². The molecule has 0 aliphatic carbocycles. The van der Waals surface area contributed by atoms with E-state index < -0.39 is 0 Å². The van der Waals surface area contributed by atoms with Crippen LogP contribution in [-0.4, -0.2) is 0 Å². The molecule has 1 heterocycles. The van der Waals surface area contributed by atoms with E-state index in [4.69, 9.17) is 0 Å². The molecule has 0 amide bonds. The predicted octanol–water partition coefficient (Wildman–Crippen LogP) is 10.5. The summed E-state index contributed by atoms with van der Waals surface area (Å²) in [4.78, 5) is 0. The highest BCUT2D eigenvalue weighted by atomic mass is 32.1. The van der Waals surface area contributed by atoms with Crippen molar-refractivity contribution >= 4 is 53.1 Å². The molecule has 0 N–H and O–H groups in total. The van der Waals surface area contributed by atoms with Crippen LogP contribution in [0.4, 0.5) is 0 Å². The van der Waals surface area contributed by atoms with Crippen LogP contribution >= 0.6 is 11.3 Å². The first-order valence-electron chi connectivity index (χ1n) is 13.0. The maximum Gasteiger partial charge on any atom is 0.0358 e. The summed E-state index contributed by atoms with van der Waals surface area (Å²) in [5.41, 5.74) is 4.56. The second-order valence-corrected chi connectivity index (χ2v) is 13.3. The molecule has 0 saturated carbocycles. The van der Waals surface area contributed by atoms with Crippen molar-refractivity contribution in [1.29, 1.82) is 0 Å². The fraction of sp³-hybridized carbons (Fsp3) is 0.257. The smallest absolute Gasteiger partial charge is 0.0358 e. The van der Waals surface area contributed by atoms with Gasteiger partial charge >= 0.3 is 0 Å². The van der Waals surface area contributed by atoms with Gasteiger partial charge in [-0.25, -0.2) is 0 Å². The van der Waals surface area contributed by atoms with Gasteiger partial charge in [0, 0.05) is 20.2 Å². The highest BCUT2D eigenvalue weighted by molar-refractivity contribution is 7.25. The summed E-state index contributed by atoms with van der Waals surface area (Å²) in [5.74, 6) is 0. The molecule has 0 unspecified atom stereocenters. The predicted molar refractivity (Wildman–Crippen MR) is 161 cm³/mol. The molecule has 0 atom stereocenters. The van der Waals surface area contributed by atoms with Gasteiger partial charge in [-0.3, -0.25) is 0 Å². The Hall–Kier alpha value is -3.16. The molecule has 5 aromatic carbocycles. The maximum atomic E-state index is 2.48. The Morgan fingerprint density at radius 2 is 1.31 bits per heavy atom. The second kappa shape index (κ2) is 8.46. The first-order valence-corrected chi connectivity index (χ1v) is 13.9. The van der Waals surface area contributed by atoms with Gasteiger partial charge in [0.15, 0.2) is 0 Å². The Kier molecular flexibility index (Phi) is 5.46. The maximum absolute atomic E-state index is 2.48. The molecule has 0 fully saturated rings. The average molecular weight is 487 g/mol. The Morgan fingerprint density at radius 1 is 0.583 bits per heavy atom. The van der Waals surface area contributed by atoms with E-state index in [2.05, 4.69) is 126 Å². The fourth-order valence-electron chi connectivity index (χ4n) is 6.01. The molecule has 0 spiro atoms. The number of benzene rings is 5. The molecule has 0 radical (unpaired) electrons. The standard InChI is InChI=1S/C35H34S/c1-34(2,3)30-20-24-11-6-7-13-26(24)27-18-17-23(19-29(27)30)21-35(4,5)22-25-12-10-16-32-33(25)28-14-8-9-15-31(28)36-32/h6-20H,21-22H2,1-5H3. The van der Waals surface area contributed by atoms with Gasteiger partial charge < -0.3 is 0 Å². The SMILES string of the molecule is CC(C)(Cc1ccc2c(c1)c(C(C)(C)C)cc1ccccc12)Cc1cccc2sc3ccccc3c12. The van der Waals surface area contributed by atoms with Gasteiger partial charge in [-0.05, 0) is 80.1 Å². The second-order valence-electron chi connectivity index (χ2n) is 12.2. The van der Waals surface area contributed by atoms with Crippen LogP contribution in [0.25, 0.3) is 41.7 Å². The summed E-state index contributed by atoms with van der Waals surface area (Å²) in [5, 5.41) is 8.30. The van der Waals surface area contributed by atoms with Gasteiger partial charge in [0.2, 0.25) is 0 Å². The normalized spacial score (nSPS) is 12.8. The van der Waals surface area contributed by atoms with E-state index in [1.54, 1.807) is 0 Å². The molecule has 6 aromatic rings. The Morgan fingerprint density at radius 3 is 2.11 bits per heavy atom. The van der Waals surface area contributed by atoms with Crippen molar-refractivity contribution in [1.82, 2.24) is 0 Å². The zero-order valence-electron chi connectivity index (χ0n) is 22.0. The van der Waals surface area contributed by atoms with Crippen molar-refractivity contribution in [2.45, 2.75) is 52.9 Å². The van der Waals surface area contributed by atoms with Crippen LogP contribution in [0.15, 0.2) is 91.0 Å². The van der Waals surface area contributed by atoms with Gasteiger partial charge in [-0.2, -0.15) is 0 Å². The molecular formula is C35H34S. The molecule has 1 aromatic heterocycles. The number of fused-ring (bicyclic) bond motifs is 6. The first kappa shape index (κ1) is 23.3. The fourth-order valence-corrected chi connectivity index (χ4v) is 7.16. The third-order valence-corrected chi connectivity index (χ3v) is 8.71. The van der Waals surface area contributed by atoms with E-state index in [0.717, 1.165) is 12.8 Å². The molecular weight excluding hydrogens is 452 g/mol. The number of rotatable bonds is 4. The lowest BCUT2D eigenvalue weighted by molar-refractivity contribution is 0.362. The number of hydrogen-bond donors (Lipinski definition) is 0. The third kappa shape index (κ3) is 4.10. The van der Waals surface area contributed by atoms with Crippen LogP contribution in [-0.2, 0) is 18.3 Å². The van der Waals surface area contributed by atoms with Crippen LogP contribution in [0, 0.1) is 5.41 Å². The Labute approximate surface area is 218 Å². The van der Waals surface area contributed by atoms with E-state index in [-0.39, 0.29) is 10.8 Å². The Bertz CT molecular complexity index is 1740. The highest BCUT2D eigenvalue weighted by Gasteiger charge is 2.23. The highest BCUT2D eigenvalue weighted by Crippen LogP contribution is 2.40. The summed E-state index contributed by atoms with van der Waals surface area (Å²) in [6.07, 6.45) is 2.12. The quantitative estimate of drug-likeness (QED) is 0.217. The van der Waals surface area contributed by atoms with Crippen molar-refractivity contribution in [3.05, 3.63) is 108 Å².